The highest BCUT2D eigenvalue weighted by Crippen LogP contribution is 2.31. The number of hydrogen-bond acceptors (Lipinski definition) is 5. The predicted molar refractivity (Wildman–Crippen MR) is 105 cm³/mol. The van der Waals surface area contributed by atoms with E-state index < -0.39 is 5.97 Å². The molecule has 0 saturated heterocycles. The van der Waals surface area contributed by atoms with Crippen LogP contribution in [0.5, 0.6) is 5.75 Å². The van der Waals surface area contributed by atoms with Crippen molar-refractivity contribution in [1.29, 1.82) is 5.26 Å². The van der Waals surface area contributed by atoms with Crippen molar-refractivity contribution in [3.63, 3.8) is 0 Å². The largest absolute Gasteiger partial charge is 0.497 e. The molecule has 6 nitrogen and oxygen atoms in total. The van der Waals surface area contributed by atoms with Gasteiger partial charge in [-0.2, -0.15) is 5.26 Å². The quantitative estimate of drug-likeness (QED) is 0.502. The Kier molecular flexibility index (Phi) is 4.42. The fraction of sp³-hybridized carbons (Fsp3) is 0.136. The molecule has 2 heterocycles. The molecule has 4 aromatic rings. The molecule has 138 valence electrons. The third kappa shape index (κ3) is 2.74. The molecule has 6 heteroatoms. The van der Waals surface area contributed by atoms with E-state index >= 15 is 0 Å². The molecule has 0 radical (unpaired) electrons. The Hall–Kier alpha value is -3.85. The lowest BCUT2D eigenvalue weighted by Gasteiger charge is -2.12. The van der Waals surface area contributed by atoms with Crippen LogP contribution in [0.1, 0.15) is 22.8 Å². The van der Waals surface area contributed by atoms with Crippen molar-refractivity contribution < 1.29 is 14.3 Å². The summed E-state index contributed by atoms with van der Waals surface area (Å²) in [5, 5.41) is 9.76. The van der Waals surface area contributed by atoms with Gasteiger partial charge in [0.05, 0.1) is 36.0 Å². The SMILES string of the molecule is CCOC(=O)c1cc(-c2ccc(OC)cc2)n2c(nc3ccccc32)c1C#N. The van der Waals surface area contributed by atoms with Crippen LogP contribution >= 0.6 is 0 Å². The summed E-state index contributed by atoms with van der Waals surface area (Å²) in [4.78, 5) is 17.2. The Morgan fingerprint density at radius 2 is 1.93 bits per heavy atom. The Balaban J connectivity index is 2.11. The zero-order valence-corrected chi connectivity index (χ0v) is 15.5. The molecule has 0 saturated carbocycles. The smallest absolute Gasteiger partial charge is 0.339 e. The van der Waals surface area contributed by atoms with Crippen LogP contribution in [0.2, 0.25) is 0 Å². The van der Waals surface area contributed by atoms with Crippen molar-refractivity contribution >= 4 is 22.6 Å². The molecule has 28 heavy (non-hydrogen) atoms. The van der Waals surface area contributed by atoms with E-state index in [0.29, 0.717) is 5.65 Å². The first-order chi connectivity index (χ1) is 13.7. The molecule has 0 fully saturated rings. The molecule has 0 amide bonds. The number of carbonyl (C=O) groups is 1. The minimum Gasteiger partial charge on any atom is -0.497 e. The number of hydrogen-bond donors (Lipinski definition) is 0. The lowest BCUT2D eigenvalue weighted by molar-refractivity contribution is 0.0526. The number of para-hydroxylation sites is 2. The third-order valence-electron chi connectivity index (χ3n) is 4.57. The van der Waals surface area contributed by atoms with E-state index in [0.717, 1.165) is 28.0 Å². The number of imidazole rings is 1. The van der Waals surface area contributed by atoms with Crippen molar-refractivity contribution in [2.75, 3.05) is 13.7 Å². The average Bonchev–Trinajstić information content (AvgIpc) is 3.12. The first-order valence-corrected chi connectivity index (χ1v) is 8.83. The minimum absolute atomic E-state index is 0.201. The second-order valence-electron chi connectivity index (χ2n) is 6.14. The fourth-order valence-corrected chi connectivity index (χ4v) is 3.29. The standard InChI is InChI=1S/C22H17N3O3/c1-3-28-22(26)16-12-20(14-8-10-15(27-2)11-9-14)25-19-7-5-4-6-18(19)24-21(25)17(16)13-23/h4-12H,3H2,1-2H3. The number of rotatable bonds is 4. The molecule has 0 unspecified atom stereocenters. The third-order valence-corrected chi connectivity index (χ3v) is 4.57. The minimum atomic E-state index is -0.539. The van der Waals surface area contributed by atoms with E-state index in [1.54, 1.807) is 20.1 Å². The summed E-state index contributed by atoms with van der Waals surface area (Å²) >= 11 is 0. The van der Waals surface area contributed by atoms with Gasteiger partial charge < -0.3 is 9.47 Å². The van der Waals surface area contributed by atoms with E-state index in [1.165, 1.54) is 0 Å². The summed E-state index contributed by atoms with van der Waals surface area (Å²) in [7, 11) is 1.61. The second-order valence-corrected chi connectivity index (χ2v) is 6.14. The van der Waals surface area contributed by atoms with Crippen LogP contribution in [-0.4, -0.2) is 29.1 Å². The van der Waals surface area contributed by atoms with Crippen molar-refractivity contribution in [1.82, 2.24) is 9.38 Å². The number of pyridine rings is 1. The van der Waals surface area contributed by atoms with Gasteiger partial charge >= 0.3 is 5.97 Å². The van der Waals surface area contributed by atoms with Gasteiger partial charge in [0.15, 0.2) is 5.65 Å². The molecule has 0 aliphatic heterocycles. The van der Waals surface area contributed by atoms with E-state index in [-0.39, 0.29) is 17.7 Å². The molecule has 2 aromatic carbocycles. The van der Waals surface area contributed by atoms with Gasteiger partial charge in [-0.3, -0.25) is 4.40 Å². The van der Waals surface area contributed by atoms with Crippen LogP contribution in [0.4, 0.5) is 0 Å². The van der Waals surface area contributed by atoms with E-state index in [4.69, 9.17) is 9.47 Å². The van der Waals surface area contributed by atoms with Crippen LogP contribution < -0.4 is 4.74 Å². The molecular weight excluding hydrogens is 354 g/mol. The zero-order chi connectivity index (χ0) is 19.7. The summed E-state index contributed by atoms with van der Waals surface area (Å²) in [5.74, 6) is 0.193. The zero-order valence-electron chi connectivity index (χ0n) is 15.5. The summed E-state index contributed by atoms with van der Waals surface area (Å²) < 4.78 is 12.3. The average molecular weight is 371 g/mol. The van der Waals surface area contributed by atoms with Gasteiger partial charge in [0.2, 0.25) is 0 Å². The number of nitrogens with zero attached hydrogens (tertiary/aromatic N) is 3. The first kappa shape index (κ1) is 17.6. The number of aromatic nitrogens is 2. The van der Waals surface area contributed by atoms with Crippen LogP contribution in [0, 0.1) is 11.3 Å². The Bertz CT molecular complexity index is 1230. The number of methoxy groups -OCH3 is 1. The van der Waals surface area contributed by atoms with Gasteiger partial charge in [0.1, 0.15) is 17.4 Å². The second kappa shape index (κ2) is 7.05. The van der Waals surface area contributed by atoms with E-state index in [9.17, 15) is 10.1 Å². The molecular formula is C22H17N3O3. The molecule has 0 aliphatic carbocycles. The Morgan fingerprint density at radius 1 is 1.18 bits per heavy atom. The Labute approximate surface area is 161 Å². The van der Waals surface area contributed by atoms with Crippen LogP contribution in [0.25, 0.3) is 27.9 Å². The number of esters is 1. The molecule has 0 spiro atoms. The van der Waals surface area contributed by atoms with E-state index in [2.05, 4.69) is 11.1 Å². The molecule has 0 bridgehead atoms. The van der Waals surface area contributed by atoms with Gasteiger partial charge in [-0.15, -0.1) is 0 Å². The maximum absolute atomic E-state index is 12.5. The predicted octanol–water partition coefficient (Wildman–Crippen LogP) is 4.21. The molecule has 4 rings (SSSR count). The highest BCUT2D eigenvalue weighted by molar-refractivity contribution is 5.98. The van der Waals surface area contributed by atoms with Gasteiger partial charge in [0, 0.05) is 0 Å². The van der Waals surface area contributed by atoms with Crippen molar-refractivity contribution in [3.8, 4) is 23.1 Å². The molecule has 0 aliphatic rings. The highest BCUT2D eigenvalue weighted by Gasteiger charge is 2.22. The van der Waals surface area contributed by atoms with Gasteiger partial charge in [-0.05, 0) is 55.0 Å². The lowest BCUT2D eigenvalue weighted by Crippen LogP contribution is -2.10. The maximum atomic E-state index is 12.5. The van der Waals surface area contributed by atoms with E-state index in [1.807, 2.05) is 52.9 Å². The number of fused-ring (bicyclic) bond motifs is 3. The van der Waals surface area contributed by atoms with Crippen LogP contribution in [0.3, 0.4) is 0 Å². The van der Waals surface area contributed by atoms with Crippen molar-refractivity contribution in [2.45, 2.75) is 6.92 Å². The first-order valence-electron chi connectivity index (χ1n) is 8.83. The lowest BCUT2D eigenvalue weighted by atomic mass is 10.0. The van der Waals surface area contributed by atoms with Crippen LogP contribution in [0.15, 0.2) is 54.6 Å². The normalized spacial score (nSPS) is 10.8. The van der Waals surface area contributed by atoms with Crippen molar-refractivity contribution in [2.24, 2.45) is 0 Å². The molecule has 2 aromatic heterocycles. The summed E-state index contributed by atoms with van der Waals surface area (Å²) in [6.07, 6.45) is 0. The van der Waals surface area contributed by atoms with Crippen LogP contribution in [-0.2, 0) is 4.74 Å². The summed E-state index contributed by atoms with van der Waals surface area (Å²) in [6.45, 7) is 1.96. The molecule has 0 N–H and O–H groups in total. The highest BCUT2D eigenvalue weighted by atomic mass is 16.5. The summed E-state index contributed by atoms with van der Waals surface area (Å²) in [5.41, 5.74) is 4.05. The topological polar surface area (TPSA) is 76.6 Å². The van der Waals surface area contributed by atoms with Crippen molar-refractivity contribution in [3.05, 3.63) is 65.7 Å². The monoisotopic (exact) mass is 371 g/mol. The molecule has 0 atom stereocenters. The Morgan fingerprint density at radius 3 is 2.61 bits per heavy atom. The maximum Gasteiger partial charge on any atom is 0.339 e. The fourth-order valence-electron chi connectivity index (χ4n) is 3.29. The number of benzene rings is 2. The number of carbonyl (C=O) groups excluding carboxylic acids is 1. The van der Waals surface area contributed by atoms with Gasteiger partial charge in [-0.25, -0.2) is 9.78 Å². The summed E-state index contributed by atoms with van der Waals surface area (Å²) in [6, 6.07) is 19.0. The number of ether oxygens (including phenoxy) is 2. The number of nitriles is 1. The van der Waals surface area contributed by atoms with Gasteiger partial charge in [0.25, 0.3) is 0 Å². The van der Waals surface area contributed by atoms with Gasteiger partial charge in [-0.1, -0.05) is 12.1 Å².